The molecule has 0 bridgehead atoms. The third-order valence-electron chi connectivity index (χ3n) is 4.33. The van der Waals surface area contributed by atoms with E-state index in [1.165, 1.54) is 5.39 Å². The number of nitrogens with zero attached hydrogens (tertiary/aromatic N) is 2. The summed E-state index contributed by atoms with van der Waals surface area (Å²) >= 11 is 0. The van der Waals surface area contributed by atoms with Crippen molar-refractivity contribution < 1.29 is 4.42 Å². The summed E-state index contributed by atoms with van der Waals surface area (Å²) < 4.78 is 5.85. The molecular weight excluding hydrogens is 312 g/mol. The van der Waals surface area contributed by atoms with Gasteiger partial charge in [0, 0.05) is 23.5 Å². The van der Waals surface area contributed by atoms with Crippen molar-refractivity contribution in [3.05, 3.63) is 67.0 Å². The molecule has 3 N–H and O–H groups in total. The highest BCUT2D eigenvalue weighted by Crippen LogP contribution is 2.32. The van der Waals surface area contributed by atoms with Gasteiger partial charge in [-0.3, -0.25) is 0 Å². The maximum absolute atomic E-state index is 6.08. The number of aromatic nitrogens is 3. The van der Waals surface area contributed by atoms with Crippen LogP contribution in [0.4, 0.5) is 5.82 Å². The SMILES string of the molecule is Nc1ncc(-c2ccc3cc[nH]c3c2)cc1-c1nc2ccccc2o1. The zero-order valence-corrected chi connectivity index (χ0v) is 13.2. The van der Waals surface area contributed by atoms with E-state index in [9.17, 15) is 0 Å². The Kier molecular flexibility index (Phi) is 2.87. The van der Waals surface area contributed by atoms with Crippen LogP contribution in [0, 0.1) is 0 Å². The molecular formula is C20H14N4O. The zero-order chi connectivity index (χ0) is 16.8. The van der Waals surface area contributed by atoms with Gasteiger partial charge in [-0.1, -0.05) is 24.3 Å². The van der Waals surface area contributed by atoms with Crippen LogP contribution >= 0.6 is 0 Å². The van der Waals surface area contributed by atoms with Crippen LogP contribution in [0.3, 0.4) is 0 Å². The molecule has 0 aliphatic rings. The molecule has 0 amide bonds. The van der Waals surface area contributed by atoms with Crippen LogP contribution in [0.1, 0.15) is 0 Å². The average molecular weight is 326 g/mol. The molecule has 0 spiro atoms. The van der Waals surface area contributed by atoms with Crippen molar-refractivity contribution in [3.8, 4) is 22.6 Å². The Morgan fingerprint density at radius 3 is 2.80 bits per heavy atom. The molecule has 120 valence electrons. The van der Waals surface area contributed by atoms with Crippen molar-refractivity contribution in [2.75, 3.05) is 5.73 Å². The van der Waals surface area contributed by atoms with Crippen LogP contribution < -0.4 is 5.73 Å². The number of oxazole rings is 1. The lowest BCUT2D eigenvalue weighted by atomic mass is 10.0. The first-order chi connectivity index (χ1) is 12.3. The molecule has 0 aliphatic carbocycles. The molecule has 0 unspecified atom stereocenters. The fourth-order valence-electron chi connectivity index (χ4n) is 3.02. The summed E-state index contributed by atoms with van der Waals surface area (Å²) in [5.74, 6) is 0.880. The maximum Gasteiger partial charge on any atom is 0.231 e. The lowest BCUT2D eigenvalue weighted by molar-refractivity contribution is 0.620. The van der Waals surface area contributed by atoms with E-state index in [4.69, 9.17) is 10.2 Å². The third kappa shape index (κ3) is 2.25. The Hall–Kier alpha value is -3.60. The molecule has 5 heteroatoms. The van der Waals surface area contributed by atoms with Gasteiger partial charge in [-0.25, -0.2) is 9.97 Å². The number of H-pyrrole nitrogens is 1. The number of anilines is 1. The second kappa shape index (κ2) is 5.21. The van der Waals surface area contributed by atoms with Crippen molar-refractivity contribution >= 4 is 27.8 Å². The summed E-state index contributed by atoms with van der Waals surface area (Å²) in [6.07, 6.45) is 3.70. The number of para-hydroxylation sites is 2. The average Bonchev–Trinajstić information content (AvgIpc) is 3.28. The lowest BCUT2D eigenvalue weighted by Gasteiger charge is -2.06. The second-order valence-corrected chi connectivity index (χ2v) is 5.92. The van der Waals surface area contributed by atoms with Crippen LogP contribution in [-0.2, 0) is 0 Å². The maximum atomic E-state index is 6.08. The number of fused-ring (bicyclic) bond motifs is 2. The van der Waals surface area contributed by atoms with E-state index in [1.54, 1.807) is 6.20 Å². The van der Waals surface area contributed by atoms with Crippen molar-refractivity contribution in [1.29, 1.82) is 0 Å². The highest BCUT2D eigenvalue weighted by molar-refractivity contribution is 5.86. The van der Waals surface area contributed by atoms with E-state index in [1.807, 2.05) is 42.6 Å². The van der Waals surface area contributed by atoms with E-state index in [2.05, 4.69) is 33.2 Å². The van der Waals surface area contributed by atoms with Crippen molar-refractivity contribution in [1.82, 2.24) is 15.0 Å². The number of nitrogen functional groups attached to an aromatic ring is 1. The fourth-order valence-corrected chi connectivity index (χ4v) is 3.02. The number of benzene rings is 2. The van der Waals surface area contributed by atoms with Crippen molar-refractivity contribution in [2.24, 2.45) is 0 Å². The Morgan fingerprint density at radius 1 is 0.960 bits per heavy atom. The molecule has 25 heavy (non-hydrogen) atoms. The molecule has 0 saturated carbocycles. The fraction of sp³-hybridized carbons (Fsp3) is 0. The van der Waals surface area contributed by atoms with Crippen LogP contribution in [0.5, 0.6) is 0 Å². The molecule has 5 rings (SSSR count). The minimum Gasteiger partial charge on any atom is -0.436 e. The minimum absolute atomic E-state index is 0.399. The van der Waals surface area contributed by atoms with Gasteiger partial charge in [-0.15, -0.1) is 0 Å². The predicted molar refractivity (Wildman–Crippen MR) is 98.9 cm³/mol. The number of aromatic amines is 1. The Labute approximate surface area is 143 Å². The molecule has 0 radical (unpaired) electrons. The predicted octanol–water partition coefficient (Wildman–Crippen LogP) is 4.62. The van der Waals surface area contributed by atoms with Gasteiger partial charge >= 0.3 is 0 Å². The quantitative estimate of drug-likeness (QED) is 0.496. The number of hydrogen-bond donors (Lipinski definition) is 2. The molecule has 3 heterocycles. The summed E-state index contributed by atoms with van der Waals surface area (Å²) in [6, 6.07) is 17.9. The molecule has 0 fully saturated rings. The van der Waals surface area contributed by atoms with E-state index in [0.717, 1.165) is 27.7 Å². The van der Waals surface area contributed by atoms with Crippen LogP contribution in [0.15, 0.2) is 71.4 Å². The number of nitrogens with one attached hydrogen (secondary N) is 1. The number of nitrogens with two attached hydrogens (primary N) is 1. The van der Waals surface area contributed by atoms with Crippen LogP contribution in [0.2, 0.25) is 0 Å². The van der Waals surface area contributed by atoms with E-state index in [0.29, 0.717) is 17.3 Å². The van der Waals surface area contributed by atoms with E-state index in [-0.39, 0.29) is 0 Å². The lowest BCUT2D eigenvalue weighted by Crippen LogP contribution is -1.95. The monoisotopic (exact) mass is 326 g/mol. The summed E-state index contributed by atoms with van der Waals surface area (Å²) in [6.45, 7) is 0. The van der Waals surface area contributed by atoms with E-state index >= 15 is 0 Å². The zero-order valence-electron chi connectivity index (χ0n) is 13.2. The van der Waals surface area contributed by atoms with Gasteiger partial charge in [0.15, 0.2) is 5.58 Å². The summed E-state index contributed by atoms with van der Waals surface area (Å²) in [7, 11) is 0. The minimum atomic E-state index is 0.399. The van der Waals surface area contributed by atoms with Gasteiger partial charge in [-0.05, 0) is 41.3 Å². The van der Waals surface area contributed by atoms with Gasteiger partial charge < -0.3 is 15.1 Å². The van der Waals surface area contributed by atoms with Crippen LogP contribution in [-0.4, -0.2) is 15.0 Å². The normalized spacial score (nSPS) is 11.4. The molecule has 0 aliphatic heterocycles. The first-order valence-electron chi connectivity index (χ1n) is 7.97. The van der Waals surface area contributed by atoms with Gasteiger partial charge in [0.25, 0.3) is 0 Å². The Balaban J connectivity index is 1.66. The first-order valence-corrected chi connectivity index (χ1v) is 7.97. The molecule has 3 aromatic heterocycles. The first kappa shape index (κ1) is 13.8. The van der Waals surface area contributed by atoms with E-state index < -0.39 is 0 Å². The van der Waals surface area contributed by atoms with Crippen molar-refractivity contribution in [3.63, 3.8) is 0 Å². The van der Waals surface area contributed by atoms with Crippen LogP contribution in [0.25, 0.3) is 44.6 Å². The topological polar surface area (TPSA) is 80.7 Å². The largest absolute Gasteiger partial charge is 0.436 e. The smallest absolute Gasteiger partial charge is 0.231 e. The summed E-state index contributed by atoms with van der Waals surface area (Å²) in [5, 5.41) is 1.17. The highest BCUT2D eigenvalue weighted by Gasteiger charge is 2.13. The number of hydrogen-bond acceptors (Lipinski definition) is 4. The van der Waals surface area contributed by atoms with Gasteiger partial charge in [0.05, 0.1) is 5.56 Å². The van der Waals surface area contributed by atoms with Gasteiger partial charge in [0.1, 0.15) is 11.3 Å². The van der Waals surface area contributed by atoms with Crippen molar-refractivity contribution in [2.45, 2.75) is 0 Å². The molecule has 5 aromatic rings. The summed E-state index contributed by atoms with van der Waals surface area (Å²) in [4.78, 5) is 12.1. The number of rotatable bonds is 2. The molecule has 0 atom stereocenters. The van der Waals surface area contributed by atoms with Gasteiger partial charge in [0.2, 0.25) is 5.89 Å². The van der Waals surface area contributed by atoms with Gasteiger partial charge in [-0.2, -0.15) is 0 Å². The number of pyridine rings is 1. The Morgan fingerprint density at radius 2 is 1.88 bits per heavy atom. The third-order valence-corrected chi connectivity index (χ3v) is 4.33. The molecule has 0 saturated heterocycles. The molecule has 2 aromatic carbocycles. The standard InChI is InChI=1S/C20H14N4O/c21-19-15(20-24-16-3-1-2-4-18(16)25-20)9-14(11-23-19)13-6-5-12-7-8-22-17(12)10-13/h1-11,22H,(H2,21,23). The Bertz CT molecular complexity index is 1190. The molecule has 5 nitrogen and oxygen atoms in total. The summed E-state index contributed by atoms with van der Waals surface area (Å²) in [5.41, 5.74) is 11.4. The highest BCUT2D eigenvalue weighted by atomic mass is 16.3. The second-order valence-electron chi connectivity index (χ2n) is 5.92.